The molecule has 1 aromatic heterocycles. The Morgan fingerprint density at radius 3 is 2.86 bits per heavy atom. The number of rotatable bonds is 8. The van der Waals surface area contributed by atoms with Crippen molar-refractivity contribution in [2.24, 2.45) is 5.92 Å². The molecule has 1 heterocycles. The molecule has 0 saturated heterocycles. The maximum atomic E-state index is 12.1. The minimum absolute atomic E-state index is 0.0902. The van der Waals surface area contributed by atoms with Gasteiger partial charge in [0.2, 0.25) is 5.91 Å². The van der Waals surface area contributed by atoms with E-state index in [9.17, 15) is 9.90 Å². The molecule has 1 aliphatic rings. The van der Waals surface area contributed by atoms with Gasteiger partial charge in [-0.2, -0.15) is 0 Å². The van der Waals surface area contributed by atoms with E-state index in [-0.39, 0.29) is 18.6 Å². The number of thioether (sulfide) groups is 1. The predicted octanol–water partition coefficient (Wildman–Crippen LogP) is 3.01. The highest BCUT2D eigenvalue weighted by molar-refractivity contribution is 7.99. The van der Waals surface area contributed by atoms with Gasteiger partial charge in [-0.05, 0) is 37.3 Å². The summed E-state index contributed by atoms with van der Waals surface area (Å²) in [5.74, 6) is 1.36. The molecule has 122 valence electrons. The topological polar surface area (TPSA) is 62.2 Å². The van der Waals surface area contributed by atoms with E-state index in [0.29, 0.717) is 18.8 Å². The van der Waals surface area contributed by atoms with Gasteiger partial charge >= 0.3 is 0 Å². The van der Waals surface area contributed by atoms with Crippen LogP contribution in [-0.2, 0) is 4.79 Å². The molecule has 1 atom stereocenters. The second-order valence-corrected chi connectivity index (χ2v) is 6.97. The Kier molecular flexibility index (Phi) is 7.74. The zero-order chi connectivity index (χ0) is 15.6. The molecule has 0 aromatic carbocycles. The van der Waals surface area contributed by atoms with Crippen molar-refractivity contribution in [2.75, 3.05) is 12.4 Å². The number of nitrogens with zero attached hydrogens (tertiary/aromatic N) is 1. The molecule has 4 nitrogen and oxygen atoms in total. The van der Waals surface area contributed by atoms with Crippen molar-refractivity contribution in [1.29, 1.82) is 0 Å². The number of aliphatic hydroxyl groups excluding tert-OH is 1. The standard InChI is InChI=1S/C17H26N2O2S/c20-12-9-15(14-6-2-1-3-7-14)19-16(21)10-13-22-17-8-4-5-11-18-17/h4-5,8,11,14-15,20H,1-3,6-7,9-10,12-13H2,(H,19,21). The first-order valence-electron chi connectivity index (χ1n) is 8.23. The number of amides is 1. The van der Waals surface area contributed by atoms with E-state index in [2.05, 4.69) is 10.3 Å². The first kappa shape index (κ1) is 17.3. The molecule has 5 heteroatoms. The molecule has 0 radical (unpaired) electrons. The van der Waals surface area contributed by atoms with Crippen molar-refractivity contribution in [3.05, 3.63) is 24.4 Å². The lowest BCUT2D eigenvalue weighted by atomic mass is 9.82. The van der Waals surface area contributed by atoms with Crippen LogP contribution >= 0.6 is 11.8 Å². The summed E-state index contributed by atoms with van der Waals surface area (Å²) < 4.78 is 0. The number of aromatic nitrogens is 1. The van der Waals surface area contributed by atoms with Crippen LogP contribution in [0.15, 0.2) is 29.4 Å². The first-order chi connectivity index (χ1) is 10.8. The molecular weight excluding hydrogens is 296 g/mol. The van der Waals surface area contributed by atoms with Crippen LogP contribution in [0.3, 0.4) is 0 Å². The quantitative estimate of drug-likeness (QED) is 0.722. The number of pyridine rings is 1. The third kappa shape index (κ3) is 5.97. The van der Waals surface area contributed by atoms with Crippen molar-refractivity contribution >= 4 is 17.7 Å². The molecule has 0 aliphatic heterocycles. The molecule has 1 saturated carbocycles. The summed E-state index contributed by atoms with van der Waals surface area (Å²) >= 11 is 1.60. The Morgan fingerprint density at radius 2 is 2.18 bits per heavy atom. The molecule has 0 bridgehead atoms. The van der Waals surface area contributed by atoms with Crippen LogP contribution in [0, 0.1) is 5.92 Å². The van der Waals surface area contributed by atoms with E-state index in [4.69, 9.17) is 0 Å². The fourth-order valence-corrected chi connectivity index (χ4v) is 3.87. The molecule has 1 unspecified atom stereocenters. The van der Waals surface area contributed by atoms with Crippen LogP contribution < -0.4 is 5.32 Å². The first-order valence-corrected chi connectivity index (χ1v) is 9.22. The molecule has 2 N–H and O–H groups in total. The summed E-state index contributed by atoms with van der Waals surface area (Å²) in [7, 11) is 0. The minimum atomic E-state index is 0.0902. The van der Waals surface area contributed by atoms with Gasteiger partial charge in [-0.1, -0.05) is 25.3 Å². The van der Waals surface area contributed by atoms with Crippen molar-refractivity contribution < 1.29 is 9.90 Å². The van der Waals surface area contributed by atoms with Crippen LogP contribution in [0.1, 0.15) is 44.9 Å². The summed E-state index contributed by atoms with van der Waals surface area (Å²) in [6, 6.07) is 5.94. The van der Waals surface area contributed by atoms with Gasteiger partial charge in [0, 0.05) is 31.0 Å². The number of aliphatic hydroxyl groups is 1. The average Bonchev–Trinajstić information content (AvgIpc) is 2.56. The Bertz CT molecular complexity index is 436. The molecule has 1 aromatic rings. The summed E-state index contributed by atoms with van der Waals surface area (Å²) in [6.07, 6.45) is 9.08. The van der Waals surface area contributed by atoms with Crippen LogP contribution in [0.25, 0.3) is 0 Å². The monoisotopic (exact) mass is 322 g/mol. The summed E-state index contributed by atoms with van der Waals surface area (Å²) in [6.45, 7) is 0.143. The maximum Gasteiger partial charge on any atom is 0.221 e. The highest BCUT2D eigenvalue weighted by Crippen LogP contribution is 2.27. The normalized spacial score (nSPS) is 17.1. The van der Waals surface area contributed by atoms with Gasteiger partial charge in [0.15, 0.2) is 0 Å². The SMILES string of the molecule is O=C(CCSc1ccccn1)NC(CCO)C1CCCCC1. The van der Waals surface area contributed by atoms with Crippen molar-refractivity contribution in [3.8, 4) is 0 Å². The molecule has 1 amide bonds. The lowest BCUT2D eigenvalue weighted by Gasteiger charge is -2.30. The van der Waals surface area contributed by atoms with Gasteiger partial charge < -0.3 is 10.4 Å². The number of carbonyl (C=O) groups excluding carboxylic acids is 1. The molecule has 2 rings (SSSR count). The van der Waals surface area contributed by atoms with Crippen LogP contribution in [0.2, 0.25) is 0 Å². The van der Waals surface area contributed by atoms with Crippen molar-refractivity contribution in [1.82, 2.24) is 10.3 Å². The van der Waals surface area contributed by atoms with Gasteiger partial charge in [0.1, 0.15) is 0 Å². The Hall–Kier alpha value is -1.07. The number of hydrogen-bond donors (Lipinski definition) is 2. The van der Waals surface area contributed by atoms with E-state index in [1.807, 2.05) is 18.2 Å². The molecular formula is C17H26N2O2S. The van der Waals surface area contributed by atoms with E-state index in [1.54, 1.807) is 18.0 Å². The third-order valence-corrected chi connectivity index (χ3v) is 5.17. The van der Waals surface area contributed by atoms with E-state index >= 15 is 0 Å². The predicted molar refractivity (Wildman–Crippen MR) is 89.8 cm³/mol. The lowest BCUT2D eigenvalue weighted by Crippen LogP contribution is -2.41. The zero-order valence-electron chi connectivity index (χ0n) is 13.0. The minimum Gasteiger partial charge on any atom is -0.396 e. The smallest absolute Gasteiger partial charge is 0.221 e. The molecule has 1 fully saturated rings. The Labute approximate surface area is 137 Å². The van der Waals surface area contributed by atoms with Crippen molar-refractivity contribution in [2.45, 2.75) is 56.0 Å². The maximum absolute atomic E-state index is 12.1. The summed E-state index contributed by atoms with van der Waals surface area (Å²) in [5, 5.41) is 13.3. The fourth-order valence-electron chi connectivity index (χ4n) is 3.06. The lowest BCUT2D eigenvalue weighted by molar-refractivity contribution is -0.122. The highest BCUT2D eigenvalue weighted by Gasteiger charge is 2.24. The molecule has 0 spiro atoms. The van der Waals surface area contributed by atoms with E-state index < -0.39 is 0 Å². The Morgan fingerprint density at radius 1 is 1.36 bits per heavy atom. The molecule has 22 heavy (non-hydrogen) atoms. The number of hydrogen-bond acceptors (Lipinski definition) is 4. The van der Waals surface area contributed by atoms with E-state index in [1.165, 1.54) is 32.1 Å². The largest absolute Gasteiger partial charge is 0.396 e. The summed E-state index contributed by atoms with van der Waals surface area (Å²) in [4.78, 5) is 16.4. The second-order valence-electron chi connectivity index (χ2n) is 5.85. The van der Waals surface area contributed by atoms with Gasteiger partial charge in [-0.15, -0.1) is 11.8 Å². The van der Waals surface area contributed by atoms with Gasteiger partial charge in [0.25, 0.3) is 0 Å². The third-order valence-electron chi connectivity index (χ3n) is 4.22. The van der Waals surface area contributed by atoms with Crippen LogP contribution in [0.5, 0.6) is 0 Å². The highest BCUT2D eigenvalue weighted by atomic mass is 32.2. The van der Waals surface area contributed by atoms with Crippen LogP contribution in [-0.4, -0.2) is 34.4 Å². The number of carbonyl (C=O) groups is 1. The average molecular weight is 322 g/mol. The van der Waals surface area contributed by atoms with Gasteiger partial charge in [-0.3, -0.25) is 4.79 Å². The fraction of sp³-hybridized carbons (Fsp3) is 0.647. The van der Waals surface area contributed by atoms with Gasteiger partial charge in [0.05, 0.1) is 5.03 Å². The molecule has 1 aliphatic carbocycles. The van der Waals surface area contributed by atoms with Crippen molar-refractivity contribution in [3.63, 3.8) is 0 Å². The second kappa shape index (κ2) is 9.85. The zero-order valence-corrected chi connectivity index (χ0v) is 13.9. The number of nitrogens with one attached hydrogen (secondary N) is 1. The van der Waals surface area contributed by atoms with Crippen LogP contribution in [0.4, 0.5) is 0 Å². The summed E-state index contributed by atoms with van der Waals surface area (Å²) in [5.41, 5.74) is 0. The Balaban J connectivity index is 1.73. The van der Waals surface area contributed by atoms with Gasteiger partial charge in [-0.25, -0.2) is 4.98 Å². The van der Waals surface area contributed by atoms with E-state index in [0.717, 1.165) is 10.8 Å².